The number of nitrogens with two attached hydrogens (primary N) is 1. The fraction of sp³-hybridized carbons (Fsp3) is 0.400. The second kappa shape index (κ2) is 4.37. The van der Waals surface area contributed by atoms with Crippen LogP contribution in [0.5, 0.6) is 0 Å². The van der Waals surface area contributed by atoms with Gasteiger partial charge in [-0.1, -0.05) is 12.2 Å². The van der Waals surface area contributed by atoms with E-state index in [1.807, 2.05) is 19.2 Å². The molecule has 0 amide bonds. The summed E-state index contributed by atoms with van der Waals surface area (Å²) >= 11 is 4.85. The van der Waals surface area contributed by atoms with E-state index in [0.29, 0.717) is 11.0 Å². The molecule has 76 valence electrons. The van der Waals surface area contributed by atoms with Crippen LogP contribution in [-0.4, -0.2) is 23.1 Å². The lowest BCUT2D eigenvalue weighted by Crippen LogP contribution is -2.26. The molecule has 14 heavy (non-hydrogen) atoms. The SMILES string of the molecule is CC(C)N(C)c1ccc(C(N)=S)cn1. The fourth-order valence-corrected chi connectivity index (χ4v) is 1.13. The number of anilines is 1. The molecule has 2 N–H and O–H groups in total. The predicted molar refractivity (Wildman–Crippen MR) is 63.7 cm³/mol. The first kappa shape index (κ1) is 10.9. The summed E-state index contributed by atoms with van der Waals surface area (Å²) in [5.74, 6) is 0.931. The van der Waals surface area contributed by atoms with Gasteiger partial charge >= 0.3 is 0 Å². The molecule has 0 aliphatic carbocycles. The molecule has 0 radical (unpaired) electrons. The van der Waals surface area contributed by atoms with Gasteiger partial charge in [0.25, 0.3) is 0 Å². The fourth-order valence-electron chi connectivity index (χ4n) is 1.00. The highest BCUT2D eigenvalue weighted by Gasteiger charge is 2.06. The highest BCUT2D eigenvalue weighted by molar-refractivity contribution is 7.80. The highest BCUT2D eigenvalue weighted by Crippen LogP contribution is 2.11. The molecule has 4 heteroatoms. The molecule has 0 aliphatic rings. The van der Waals surface area contributed by atoms with Gasteiger partial charge in [0.05, 0.1) is 0 Å². The minimum atomic E-state index is 0.385. The molecule has 0 unspecified atom stereocenters. The summed E-state index contributed by atoms with van der Waals surface area (Å²) in [7, 11) is 2.01. The molecular weight excluding hydrogens is 194 g/mol. The van der Waals surface area contributed by atoms with Gasteiger partial charge in [0.15, 0.2) is 0 Å². The lowest BCUT2D eigenvalue weighted by molar-refractivity contribution is 0.743. The van der Waals surface area contributed by atoms with Crippen molar-refractivity contribution in [3.63, 3.8) is 0 Å². The summed E-state index contributed by atoms with van der Waals surface area (Å²) in [6, 6.07) is 4.25. The third kappa shape index (κ3) is 2.42. The van der Waals surface area contributed by atoms with Crippen LogP contribution in [0.1, 0.15) is 19.4 Å². The minimum Gasteiger partial charge on any atom is -0.389 e. The van der Waals surface area contributed by atoms with Crippen molar-refractivity contribution in [3.05, 3.63) is 23.9 Å². The standard InChI is InChI=1S/C10H15N3S/c1-7(2)13(3)9-5-4-8(6-12-9)10(11)14/h4-7H,1-3H3,(H2,11,14). The maximum Gasteiger partial charge on any atom is 0.128 e. The van der Waals surface area contributed by atoms with Gasteiger partial charge in [-0.3, -0.25) is 0 Å². The molecule has 0 saturated heterocycles. The Balaban J connectivity index is 2.88. The molecule has 1 aromatic rings. The van der Waals surface area contributed by atoms with E-state index < -0.39 is 0 Å². The second-order valence-electron chi connectivity index (χ2n) is 3.47. The molecule has 0 saturated carbocycles. The first-order valence-electron chi connectivity index (χ1n) is 4.51. The summed E-state index contributed by atoms with van der Waals surface area (Å²) < 4.78 is 0. The monoisotopic (exact) mass is 209 g/mol. The lowest BCUT2D eigenvalue weighted by atomic mass is 10.2. The zero-order chi connectivity index (χ0) is 10.7. The van der Waals surface area contributed by atoms with Crippen molar-refractivity contribution in [2.75, 3.05) is 11.9 Å². The van der Waals surface area contributed by atoms with E-state index in [0.717, 1.165) is 11.4 Å². The van der Waals surface area contributed by atoms with Gasteiger partial charge in [0, 0.05) is 24.8 Å². The van der Waals surface area contributed by atoms with Crippen molar-refractivity contribution in [2.45, 2.75) is 19.9 Å². The Morgan fingerprint density at radius 1 is 1.50 bits per heavy atom. The molecule has 3 nitrogen and oxygen atoms in total. The van der Waals surface area contributed by atoms with Crippen LogP contribution in [-0.2, 0) is 0 Å². The lowest BCUT2D eigenvalue weighted by Gasteiger charge is -2.22. The third-order valence-corrected chi connectivity index (χ3v) is 2.40. The van der Waals surface area contributed by atoms with E-state index in [1.165, 1.54) is 0 Å². The molecule has 1 heterocycles. The Kier molecular flexibility index (Phi) is 3.41. The Bertz CT molecular complexity index is 319. The van der Waals surface area contributed by atoms with E-state index in [9.17, 15) is 0 Å². The molecule has 0 aliphatic heterocycles. The zero-order valence-electron chi connectivity index (χ0n) is 8.69. The van der Waals surface area contributed by atoms with Crippen LogP contribution in [0.4, 0.5) is 5.82 Å². The smallest absolute Gasteiger partial charge is 0.128 e. The minimum absolute atomic E-state index is 0.385. The van der Waals surface area contributed by atoms with Gasteiger partial charge in [-0.05, 0) is 26.0 Å². The Morgan fingerprint density at radius 3 is 2.50 bits per heavy atom. The molecule has 0 fully saturated rings. The van der Waals surface area contributed by atoms with Gasteiger partial charge in [-0.15, -0.1) is 0 Å². The van der Waals surface area contributed by atoms with Crippen LogP contribution >= 0.6 is 12.2 Å². The predicted octanol–water partition coefficient (Wildman–Crippen LogP) is 1.56. The van der Waals surface area contributed by atoms with Gasteiger partial charge in [-0.2, -0.15) is 0 Å². The maximum absolute atomic E-state index is 5.48. The van der Waals surface area contributed by atoms with E-state index in [2.05, 4.69) is 23.7 Å². The summed E-state index contributed by atoms with van der Waals surface area (Å²) in [4.78, 5) is 6.75. The first-order chi connectivity index (χ1) is 6.52. The van der Waals surface area contributed by atoms with E-state index in [-0.39, 0.29) is 0 Å². The summed E-state index contributed by atoms with van der Waals surface area (Å²) in [5.41, 5.74) is 6.28. The second-order valence-corrected chi connectivity index (χ2v) is 3.91. The topological polar surface area (TPSA) is 42.1 Å². The number of nitrogens with zero attached hydrogens (tertiary/aromatic N) is 2. The Hall–Kier alpha value is -1.16. The van der Waals surface area contributed by atoms with Crippen LogP contribution in [0, 0.1) is 0 Å². The molecule has 0 bridgehead atoms. The van der Waals surface area contributed by atoms with Crippen molar-refractivity contribution >= 4 is 23.0 Å². The number of thiocarbonyl (C=S) groups is 1. The average Bonchev–Trinajstić information content (AvgIpc) is 2.16. The summed E-state index contributed by atoms with van der Waals surface area (Å²) in [6.07, 6.45) is 1.70. The van der Waals surface area contributed by atoms with Crippen molar-refractivity contribution in [2.24, 2.45) is 5.73 Å². The molecule has 0 aromatic carbocycles. The van der Waals surface area contributed by atoms with Crippen LogP contribution < -0.4 is 10.6 Å². The van der Waals surface area contributed by atoms with Crippen molar-refractivity contribution in [1.29, 1.82) is 0 Å². The van der Waals surface area contributed by atoms with Crippen LogP contribution in [0.25, 0.3) is 0 Å². The molecule has 0 atom stereocenters. The largest absolute Gasteiger partial charge is 0.389 e. The number of pyridine rings is 1. The average molecular weight is 209 g/mol. The van der Waals surface area contributed by atoms with Gasteiger partial charge < -0.3 is 10.6 Å². The molecule has 1 aromatic heterocycles. The number of hydrogen-bond donors (Lipinski definition) is 1. The van der Waals surface area contributed by atoms with Crippen molar-refractivity contribution in [1.82, 2.24) is 4.98 Å². The third-order valence-electron chi connectivity index (χ3n) is 2.17. The normalized spacial score (nSPS) is 10.3. The van der Waals surface area contributed by atoms with Crippen LogP contribution in [0.15, 0.2) is 18.3 Å². The van der Waals surface area contributed by atoms with E-state index in [4.69, 9.17) is 18.0 Å². The molecule has 1 rings (SSSR count). The van der Waals surface area contributed by atoms with Gasteiger partial charge in [0.1, 0.15) is 10.8 Å². The highest BCUT2D eigenvalue weighted by atomic mass is 32.1. The molecular formula is C10H15N3S. The van der Waals surface area contributed by atoms with Crippen LogP contribution in [0.3, 0.4) is 0 Å². The van der Waals surface area contributed by atoms with Gasteiger partial charge in [-0.25, -0.2) is 4.98 Å². The van der Waals surface area contributed by atoms with Gasteiger partial charge in [0.2, 0.25) is 0 Å². The maximum atomic E-state index is 5.48. The molecule has 0 spiro atoms. The quantitative estimate of drug-likeness (QED) is 0.767. The van der Waals surface area contributed by atoms with Crippen molar-refractivity contribution in [3.8, 4) is 0 Å². The number of aromatic nitrogens is 1. The van der Waals surface area contributed by atoms with Crippen LogP contribution in [0.2, 0.25) is 0 Å². The summed E-state index contributed by atoms with van der Waals surface area (Å²) in [5, 5.41) is 0. The van der Waals surface area contributed by atoms with E-state index >= 15 is 0 Å². The Labute approximate surface area is 89.9 Å². The van der Waals surface area contributed by atoms with E-state index in [1.54, 1.807) is 6.20 Å². The zero-order valence-corrected chi connectivity index (χ0v) is 9.51. The van der Waals surface area contributed by atoms with Crippen molar-refractivity contribution < 1.29 is 0 Å². The summed E-state index contributed by atoms with van der Waals surface area (Å²) in [6.45, 7) is 4.23. The first-order valence-corrected chi connectivity index (χ1v) is 4.92. The number of rotatable bonds is 3. The number of hydrogen-bond acceptors (Lipinski definition) is 3. The Morgan fingerprint density at radius 2 is 2.14 bits per heavy atom.